The molecule has 6 nitrogen and oxygen atoms in total. The van der Waals surface area contributed by atoms with Gasteiger partial charge < -0.3 is 14.8 Å². The van der Waals surface area contributed by atoms with Crippen LogP contribution in [-0.2, 0) is 17.1 Å². The van der Waals surface area contributed by atoms with Crippen LogP contribution in [0.1, 0.15) is 19.7 Å². The molecule has 0 atom stereocenters. The summed E-state index contributed by atoms with van der Waals surface area (Å²) < 4.78 is 1.98. The minimum Gasteiger partial charge on any atom is -0.357 e. The monoisotopic (exact) mass is 383 g/mol. The Balaban J connectivity index is 1.74. The molecule has 0 aliphatic heterocycles. The number of aromatic nitrogens is 3. The fourth-order valence-electron chi connectivity index (χ4n) is 3.08. The third-order valence-corrected chi connectivity index (χ3v) is 4.97. The Morgan fingerprint density at radius 2 is 1.96 bits per heavy atom. The van der Waals surface area contributed by atoms with Crippen LogP contribution >= 0.6 is 11.8 Å². The van der Waals surface area contributed by atoms with Crippen molar-refractivity contribution in [1.82, 2.24) is 14.5 Å². The number of hydrogen-bond acceptors (Lipinski definition) is 5. The first-order chi connectivity index (χ1) is 13.2. The van der Waals surface area contributed by atoms with Gasteiger partial charge in [-0.15, -0.1) is 0 Å². The number of anilines is 2. The zero-order valence-corrected chi connectivity index (χ0v) is 16.8. The van der Waals surface area contributed by atoms with E-state index in [1.165, 1.54) is 0 Å². The summed E-state index contributed by atoms with van der Waals surface area (Å²) in [5, 5.41) is 2.94. The van der Waals surface area contributed by atoms with Gasteiger partial charge in [-0.25, -0.2) is 9.97 Å². The van der Waals surface area contributed by atoms with Crippen molar-refractivity contribution in [3.8, 4) is 0 Å². The first-order valence-electron chi connectivity index (χ1n) is 9.10. The predicted octanol–water partition coefficient (Wildman–Crippen LogP) is 3.78. The van der Waals surface area contributed by atoms with E-state index in [1.54, 1.807) is 18.0 Å². The third kappa shape index (κ3) is 4.42. The molecule has 142 valence electrons. The van der Waals surface area contributed by atoms with Crippen molar-refractivity contribution >= 4 is 40.2 Å². The second-order valence-corrected chi connectivity index (χ2v) is 7.03. The van der Waals surface area contributed by atoms with Crippen LogP contribution in [0, 0.1) is 0 Å². The summed E-state index contributed by atoms with van der Waals surface area (Å²) >= 11 is 1.69. The normalized spacial score (nSPS) is 10.9. The van der Waals surface area contributed by atoms with E-state index in [0.717, 1.165) is 41.5 Å². The third-order valence-electron chi connectivity index (χ3n) is 4.43. The zero-order valence-electron chi connectivity index (χ0n) is 16.0. The van der Waals surface area contributed by atoms with Crippen molar-refractivity contribution in [3.05, 3.63) is 48.4 Å². The maximum absolute atomic E-state index is 12.6. The van der Waals surface area contributed by atoms with Crippen molar-refractivity contribution in [2.24, 2.45) is 0 Å². The predicted molar refractivity (Wildman–Crippen MR) is 113 cm³/mol. The maximum atomic E-state index is 12.6. The SMILES string of the molecule is CCN(CC)c1ccc(NC(=O)Cn2c(CSC)nc3ccccc32)cn1. The molecule has 0 saturated carbocycles. The Hall–Kier alpha value is -2.54. The standard InChI is InChI=1S/C20H25N5OS/c1-4-24(5-2)18-11-10-15(12-21-18)22-20(26)13-25-17-9-7-6-8-16(17)23-19(25)14-27-3/h6-12H,4-5,13-14H2,1-3H3,(H,22,26). The van der Waals surface area contributed by atoms with Crippen LogP contribution < -0.4 is 10.2 Å². The number of nitrogens with zero attached hydrogens (tertiary/aromatic N) is 4. The van der Waals surface area contributed by atoms with E-state index in [0.29, 0.717) is 5.69 Å². The summed E-state index contributed by atoms with van der Waals surface area (Å²) in [7, 11) is 0. The quantitative estimate of drug-likeness (QED) is 0.641. The van der Waals surface area contributed by atoms with Crippen LogP contribution in [0.25, 0.3) is 11.0 Å². The summed E-state index contributed by atoms with van der Waals surface area (Å²) in [6.07, 6.45) is 3.74. The van der Waals surface area contributed by atoms with Gasteiger partial charge in [-0.05, 0) is 44.4 Å². The van der Waals surface area contributed by atoms with Gasteiger partial charge in [-0.1, -0.05) is 12.1 Å². The molecule has 0 aliphatic carbocycles. The highest BCUT2D eigenvalue weighted by molar-refractivity contribution is 7.97. The molecule has 0 spiro atoms. The molecule has 2 heterocycles. The Labute approximate surface area is 164 Å². The van der Waals surface area contributed by atoms with Crippen molar-refractivity contribution < 1.29 is 4.79 Å². The lowest BCUT2D eigenvalue weighted by atomic mass is 10.3. The molecule has 3 aromatic rings. The van der Waals surface area contributed by atoms with Gasteiger partial charge >= 0.3 is 0 Å². The van der Waals surface area contributed by atoms with E-state index in [2.05, 4.69) is 34.0 Å². The number of benzene rings is 1. The number of carbonyl (C=O) groups is 1. The molecule has 0 aliphatic rings. The molecule has 7 heteroatoms. The molecule has 1 aromatic carbocycles. The highest BCUT2D eigenvalue weighted by atomic mass is 32.2. The van der Waals surface area contributed by atoms with Gasteiger partial charge in [-0.3, -0.25) is 4.79 Å². The van der Waals surface area contributed by atoms with Crippen molar-refractivity contribution in [2.75, 3.05) is 29.6 Å². The first kappa shape index (κ1) is 19.2. The Kier molecular flexibility index (Phi) is 6.34. The van der Waals surface area contributed by atoms with Gasteiger partial charge in [0.05, 0.1) is 28.7 Å². The van der Waals surface area contributed by atoms with Crippen LogP contribution in [0.4, 0.5) is 11.5 Å². The van der Waals surface area contributed by atoms with Crippen molar-refractivity contribution in [2.45, 2.75) is 26.1 Å². The number of fused-ring (bicyclic) bond motifs is 1. The summed E-state index contributed by atoms with van der Waals surface area (Å²) in [4.78, 5) is 23.9. The number of hydrogen-bond donors (Lipinski definition) is 1. The molecule has 3 rings (SSSR count). The van der Waals surface area contributed by atoms with Gasteiger partial charge in [0.1, 0.15) is 18.2 Å². The molecule has 0 radical (unpaired) electrons. The summed E-state index contributed by atoms with van der Waals surface area (Å²) in [5.41, 5.74) is 2.60. The number of amides is 1. The van der Waals surface area contributed by atoms with E-state index in [-0.39, 0.29) is 12.5 Å². The molecule has 1 N–H and O–H groups in total. The van der Waals surface area contributed by atoms with Crippen LogP contribution in [0.3, 0.4) is 0 Å². The van der Waals surface area contributed by atoms with E-state index < -0.39 is 0 Å². The van der Waals surface area contributed by atoms with Crippen LogP contribution in [0.5, 0.6) is 0 Å². The fourth-order valence-corrected chi connectivity index (χ4v) is 3.56. The number of imidazole rings is 1. The molecule has 0 unspecified atom stereocenters. The van der Waals surface area contributed by atoms with Gasteiger partial charge in [0.15, 0.2) is 0 Å². The Bertz CT molecular complexity index is 902. The summed E-state index contributed by atoms with van der Waals surface area (Å²) in [6.45, 7) is 6.24. The largest absolute Gasteiger partial charge is 0.357 e. The molecule has 1 amide bonds. The van der Waals surface area contributed by atoms with Gasteiger partial charge in [0, 0.05) is 13.1 Å². The highest BCUT2D eigenvalue weighted by Crippen LogP contribution is 2.19. The van der Waals surface area contributed by atoms with Gasteiger partial charge in [0.25, 0.3) is 0 Å². The van der Waals surface area contributed by atoms with Gasteiger partial charge in [-0.2, -0.15) is 11.8 Å². The topological polar surface area (TPSA) is 63.1 Å². The Morgan fingerprint density at radius 1 is 1.19 bits per heavy atom. The second-order valence-electron chi connectivity index (χ2n) is 6.16. The minimum absolute atomic E-state index is 0.0853. The van der Waals surface area contributed by atoms with Gasteiger partial charge in [0.2, 0.25) is 5.91 Å². The minimum atomic E-state index is -0.0853. The molecule has 0 bridgehead atoms. The number of carbonyl (C=O) groups excluding carboxylic acids is 1. The van der Waals surface area contributed by atoms with E-state index in [4.69, 9.17) is 0 Å². The smallest absolute Gasteiger partial charge is 0.244 e. The van der Waals surface area contributed by atoms with Crippen LogP contribution in [-0.4, -0.2) is 39.8 Å². The molecular weight excluding hydrogens is 358 g/mol. The van der Waals surface area contributed by atoms with Crippen molar-refractivity contribution in [1.29, 1.82) is 0 Å². The van der Waals surface area contributed by atoms with Crippen LogP contribution in [0.2, 0.25) is 0 Å². The molecular formula is C20H25N5OS. The highest BCUT2D eigenvalue weighted by Gasteiger charge is 2.13. The fraction of sp³-hybridized carbons (Fsp3) is 0.350. The molecule has 2 aromatic heterocycles. The van der Waals surface area contributed by atoms with E-state index >= 15 is 0 Å². The zero-order chi connectivity index (χ0) is 19.2. The first-order valence-corrected chi connectivity index (χ1v) is 10.5. The maximum Gasteiger partial charge on any atom is 0.244 e. The number of pyridine rings is 1. The lowest BCUT2D eigenvalue weighted by Gasteiger charge is -2.19. The summed E-state index contributed by atoms with van der Waals surface area (Å²) in [6, 6.07) is 11.7. The number of para-hydroxylation sites is 2. The lowest BCUT2D eigenvalue weighted by Crippen LogP contribution is -2.23. The second kappa shape index (κ2) is 8.90. The van der Waals surface area contributed by atoms with E-state index in [1.807, 2.05) is 47.2 Å². The van der Waals surface area contributed by atoms with Crippen molar-refractivity contribution in [3.63, 3.8) is 0 Å². The summed E-state index contributed by atoms with van der Waals surface area (Å²) in [5.74, 6) is 2.51. The molecule has 0 fully saturated rings. The van der Waals surface area contributed by atoms with E-state index in [9.17, 15) is 4.79 Å². The number of nitrogens with one attached hydrogen (secondary N) is 1. The Morgan fingerprint density at radius 3 is 2.63 bits per heavy atom. The molecule has 0 saturated heterocycles. The average Bonchev–Trinajstić information content (AvgIpc) is 3.02. The average molecular weight is 384 g/mol. The number of rotatable bonds is 8. The van der Waals surface area contributed by atoms with Crippen LogP contribution in [0.15, 0.2) is 42.6 Å². The molecule has 27 heavy (non-hydrogen) atoms. The number of thioether (sulfide) groups is 1. The lowest BCUT2D eigenvalue weighted by molar-refractivity contribution is -0.116.